The maximum absolute atomic E-state index is 9.79. The smallest absolute Gasteiger partial charge is 0.144 e. The zero-order valence-corrected chi connectivity index (χ0v) is 11.6. The molecule has 0 amide bonds. The lowest BCUT2D eigenvalue weighted by Gasteiger charge is -2.04. The van der Waals surface area contributed by atoms with Gasteiger partial charge in [-0.3, -0.25) is 5.43 Å². The minimum atomic E-state index is 0.00431. The molecular weight excluding hydrogens is 316 g/mol. The number of anilines is 1. The fraction of sp³-hybridized carbons (Fsp3) is 0. The van der Waals surface area contributed by atoms with E-state index >= 15 is 0 Å². The average Bonchev–Trinajstić information content (AvgIpc) is 2.39. The third kappa shape index (κ3) is 3.03. The Morgan fingerprint density at radius 3 is 2.61 bits per heavy atom. The number of nitrogens with zero attached hydrogens (tertiary/aromatic N) is 1. The zero-order chi connectivity index (χ0) is 13.0. The van der Waals surface area contributed by atoms with Gasteiger partial charge in [0.15, 0.2) is 0 Å². The maximum atomic E-state index is 9.79. The van der Waals surface area contributed by atoms with Crippen molar-refractivity contribution >= 4 is 39.4 Å². The number of hydrazone groups is 1. The van der Waals surface area contributed by atoms with Gasteiger partial charge in [-0.2, -0.15) is 5.10 Å². The highest BCUT2D eigenvalue weighted by Crippen LogP contribution is 2.31. The molecule has 0 atom stereocenters. The standard InChI is InChI=1S/C13H10BrClN2O/c14-11-6-7-12(15)13(18)10(11)8-16-17-9-4-2-1-3-5-9/h1-8,17-18H. The molecular formula is C13H10BrClN2O. The molecule has 0 spiro atoms. The number of hydrogen-bond donors (Lipinski definition) is 2. The average molecular weight is 326 g/mol. The van der Waals surface area contributed by atoms with Crippen LogP contribution >= 0.6 is 27.5 Å². The maximum Gasteiger partial charge on any atom is 0.144 e. The first-order valence-corrected chi connectivity index (χ1v) is 6.36. The molecule has 92 valence electrons. The fourth-order valence-corrected chi connectivity index (χ4v) is 1.95. The number of nitrogens with one attached hydrogen (secondary N) is 1. The Morgan fingerprint density at radius 2 is 1.89 bits per heavy atom. The van der Waals surface area contributed by atoms with Gasteiger partial charge in [0, 0.05) is 4.47 Å². The molecule has 0 fully saturated rings. The first-order valence-electron chi connectivity index (χ1n) is 5.19. The van der Waals surface area contributed by atoms with Crippen molar-refractivity contribution in [1.82, 2.24) is 0 Å². The van der Waals surface area contributed by atoms with Crippen LogP contribution in [0.5, 0.6) is 5.75 Å². The Labute approximate surface area is 118 Å². The SMILES string of the molecule is Oc1c(Cl)ccc(Br)c1C=NNc1ccccc1. The molecule has 2 aromatic carbocycles. The lowest BCUT2D eigenvalue weighted by atomic mass is 10.2. The molecule has 0 aliphatic heterocycles. The summed E-state index contributed by atoms with van der Waals surface area (Å²) in [5.41, 5.74) is 4.26. The second-order valence-electron chi connectivity index (χ2n) is 3.53. The largest absolute Gasteiger partial charge is 0.506 e. The summed E-state index contributed by atoms with van der Waals surface area (Å²) in [4.78, 5) is 0. The van der Waals surface area contributed by atoms with Gasteiger partial charge in [0.05, 0.1) is 22.5 Å². The van der Waals surface area contributed by atoms with Crippen molar-refractivity contribution in [3.05, 3.63) is 57.5 Å². The molecule has 2 rings (SSSR count). The van der Waals surface area contributed by atoms with Crippen molar-refractivity contribution in [3.8, 4) is 5.75 Å². The number of benzene rings is 2. The van der Waals surface area contributed by atoms with Gasteiger partial charge in [0.25, 0.3) is 0 Å². The normalized spacial score (nSPS) is 10.8. The van der Waals surface area contributed by atoms with Crippen molar-refractivity contribution in [2.24, 2.45) is 5.10 Å². The van der Waals surface area contributed by atoms with E-state index in [1.165, 1.54) is 6.21 Å². The Bertz CT molecular complexity index is 573. The summed E-state index contributed by atoms with van der Waals surface area (Å²) < 4.78 is 0.725. The Hall–Kier alpha value is -1.52. The number of aromatic hydroxyl groups is 1. The van der Waals surface area contributed by atoms with Gasteiger partial charge in [-0.1, -0.05) is 29.8 Å². The first kappa shape index (κ1) is 12.9. The summed E-state index contributed by atoms with van der Waals surface area (Å²) in [6.07, 6.45) is 1.51. The van der Waals surface area contributed by atoms with Crippen molar-refractivity contribution in [1.29, 1.82) is 0 Å². The molecule has 2 N–H and O–H groups in total. The van der Waals surface area contributed by atoms with E-state index in [0.717, 1.165) is 10.2 Å². The molecule has 0 radical (unpaired) electrons. The Balaban J connectivity index is 2.17. The van der Waals surface area contributed by atoms with Crippen LogP contribution in [0.3, 0.4) is 0 Å². The summed E-state index contributed by atoms with van der Waals surface area (Å²) in [6, 6.07) is 12.9. The second-order valence-corrected chi connectivity index (χ2v) is 4.79. The monoisotopic (exact) mass is 324 g/mol. The Kier molecular flexibility index (Phi) is 4.23. The predicted octanol–water partition coefficient (Wildman–Crippen LogP) is 4.25. The second kappa shape index (κ2) is 5.89. The van der Waals surface area contributed by atoms with Gasteiger partial charge in [-0.05, 0) is 40.2 Å². The van der Waals surface area contributed by atoms with Gasteiger partial charge in [0.2, 0.25) is 0 Å². The van der Waals surface area contributed by atoms with Crippen LogP contribution in [-0.2, 0) is 0 Å². The van der Waals surface area contributed by atoms with E-state index < -0.39 is 0 Å². The fourth-order valence-electron chi connectivity index (χ4n) is 1.36. The van der Waals surface area contributed by atoms with E-state index in [-0.39, 0.29) is 5.75 Å². The van der Waals surface area contributed by atoms with Crippen LogP contribution in [0.15, 0.2) is 52.0 Å². The highest BCUT2D eigenvalue weighted by atomic mass is 79.9. The van der Waals surface area contributed by atoms with Crippen LogP contribution in [0.1, 0.15) is 5.56 Å². The number of hydrogen-bond acceptors (Lipinski definition) is 3. The molecule has 0 saturated carbocycles. The number of rotatable bonds is 3. The first-order chi connectivity index (χ1) is 8.68. The van der Waals surface area contributed by atoms with Crippen molar-refractivity contribution in [2.75, 3.05) is 5.43 Å². The van der Waals surface area contributed by atoms with Crippen LogP contribution < -0.4 is 5.43 Å². The van der Waals surface area contributed by atoms with Gasteiger partial charge in [-0.15, -0.1) is 0 Å². The van der Waals surface area contributed by atoms with E-state index in [4.69, 9.17) is 11.6 Å². The zero-order valence-electron chi connectivity index (χ0n) is 9.27. The lowest BCUT2D eigenvalue weighted by molar-refractivity contribution is 0.474. The van der Waals surface area contributed by atoms with Crippen LogP contribution in [-0.4, -0.2) is 11.3 Å². The molecule has 3 nitrogen and oxygen atoms in total. The molecule has 0 saturated heterocycles. The van der Waals surface area contributed by atoms with Crippen LogP contribution in [0.25, 0.3) is 0 Å². The summed E-state index contributed by atoms with van der Waals surface area (Å²) in [7, 11) is 0. The quantitative estimate of drug-likeness (QED) is 0.654. The van der Waals surface area contributed by atoms with Crippen LogP contribution in [0.2, 0.25) is 5.02 Å². The van der Waals surface area contributed by atoms with Gasteiger partial charge < -0.3 is 5.11 Å². The highest BCUT2D eigenvalue weighted by molar-refractivity contribution is 9.10. The number of halogens is 2. The van der Waals surface area contributed by atoms with Crippen molar-refractivity contribution < 1.29 is 5.11 Å². The molecule has 0 aliphatic carbocycles. The molecule has 18 heavy (non-hydrogen) atoms. The predicted molar refractivity (Wildman–Crippen MR) is 78.5 cm³/mol. The molecule has 0 heterocycles. The minimum absolute atomic E-state index is 0.00431. The lowest BCUT2D eigenvalue weighted by Crippen LogP contribution is -1.92. The summed E-state index contributed by atoms with van der Waals surface area (Å²) >= 11 is 9.16. The Morgan fingerprint density at radius 1 is 1.17 bits per heavy atom. The van der Waals surface area contributed by atoms with Gasteiger partial charge in [-0.25, -0.2) is 0 Å². The van der Waals surface area contributed by atoms with E-state index in [1.807, 2.05) is 30.3 Å². The van der Waals surface area contributed by atoms with E-state index in [1.54, 1.807) is 12.1 Å². The van der Waals surface area contributed by atoms with Gasteiger partial charge in [0.1, 0.15) is 5.75 Å². The summed E-state index contributed by atoms with van der Waals surface area (Å²) in [5, 5.41) is 14.1. The summed E-state index contributed by atoms with van der Waals surface area (Å²) in [6.45, 7) is 0. The third-order valence-electron chi connectivity index (χ3n) is 2.28. The number of phenols is 1. The van der Waals surface area contributed by atoms with Crippen molar-refractivity contribution in [2.45, 2.75) is 0 Å². The summed E-state index contributed by atoms with van der Waals surface area (Å²) in [5.74, 6) is 0.00431. The molecule has 5 heteroatoms. The molecule has 0 aliphatic rings. The van der Waals surface area contributed by atoms with Crippen molar-refractivity contribution in [3.63, 3.8) is 0 Å². The molecule has 0 unspecified atom stereocenters. The topological polar surface area (TPSA) is 44.6 Å². The third-order valence-corrected chi connectivity index (χ3v) is 3.27. The van der Waals surface area contributed by atoms with E-state index in [0.29, 0.717) is 10.6 Å². The number of phenolic OH excluding ortho intramolecular Hbond substituents is 1. The van der Waals surface area contributed by atoms with E-state index in [2.05, 4.69) is 26.5 Å². The molecule has 0 bridgehead atoms. The van der Waals surface area contributed by atoms with E-state index in [9.17, 15) is 5.11 Å². The minimum Gasteiger partial charge on any atom is -0.506 e. The van der Waals surface area contributed by atoms with Crippen LogP contribution in [0.4, 0.5) is 5.69 Å². The molecule has 0 aromatic heterocycles. The number of para-hydroxylation sites is 1. The highest BCUT2D eigenvalue weighted by Gasteiger charge is 2.07. The molecule has 2 aromatic rings. The van der Waals surface area contributed by atoms with Gasteiger partial charge >= 0.3 is 0 Å². The van der Waals surface area contributed by atoms with Crippen LogP contribution in [0, 0.1) is 0 Å².